The lowest BCUT2D eigenvalue weighted by atomic mass is 10.4. The molecule has 0 aliphatic carbocycles. The van der Waals surface area contributed by atoms with E-state index in [1.165, 1.54) is 6.20 Å². The van der Waals surface area contributed by atoms with Crippen LogP contribution >= 0.6 is 0 Å². The van der Waals surface area contributed by atoms with Crippen molar-refractivity contribution in [3.8, 4) is 12.3 Å². The van der Waals surface area contributed by atoms with Crippen LogP contribution in [0.3, 0.4) is 0 Å². The van der Waals surface area contributed by atoms with Gasteiger partial charge in [0.25, 0.3) is 5.56 Å². The largest absolute Gasteiger partial charge is 0.393 e. The molecule has 0 saturated heterocycles. The summed E-state index contributed by atoms with van der Waals surface area (Å²) in [6.45, 7) is 1.12. The van der Waals surface area contributed by atoms with Crippen molar-refractivity contribution in [1.29, 1.82) is 0 Å². The summed E-state index contributed by atoms with van der Waals surface area (Å²) in [5.74, 6) is 2.21. The van der Waals surface area contributed by atoms with Crippen molar-refractivity contribution in [3.05, 3.63) is 32.6 Å². The van der Waals surface area contributed by atoms with Crippen LogP contribution in [-0.2, 0) is 11.5 Å². The Morgan fingerprint density at radius 3 is 2.94 bits per heavy atom. The van der Waals surface area contributed by atoms with Gasteiger partial charge in [0.15, 0.2) is 0 Å². The summed E-state index contributed by atoms with van der Waals surface area (Å²) in [5, 5.41) is 8.76. The highest BCUT2D eigenvalue weighted by Gasteiger charge is 2.05. The standard InChI is InChI=1S/C10H12N2O4/c1-3-8(5-13)16-6-12-4-7(2)9(14)11-10(12)15/h1,4,8,13H,5-6H2,2H3,(H,11,14,15). The maximum atomic E-state index is 11.3. The van der Waals surface area contributed by atoms with Crippen LogP contribution in [-0.4, -0.2) is 27.4 Å². The molecule has 0 fully saturated rings. The number of rotatable bonds is 4. The zero-order valence-electron chi connectivity index (χ0n) is 8.77. The summed E-state index contributed by atoms with van der Waals surface area (Å²) in [7, 11) is 0. The molecule has 1 aromatic heterocycles. The van der Waals surface area contributed by atoms with Crippen molar-refractivity contribution in [1.82, 2.24) is 9.55 Å². The summed E-state index contributed by atoms with van der Waals surface area (Å²) >= 11 is 0. The first-order valence-corrected chi connectivity index (χ1v) is 4.57. The highest BCUT2D eigenvalue weighted by Crippen LogP contribution is 1.92. The van der Waals surface area contributed by atoms with Crippen molar-refractivity contribution in [2.24, 2.45) is 0 Å². The topological polar surface area (TPSA) is 84.3 Å². The van der Waals surface area contributed by atoms with Crippen molar-refractivity contribution < 1.29 is 9.84 Å². The maximum Gasteiger partial charge on any atom is 0.330 e. The lowest BCUT2D eigenvalue weighted by Gasteiger charge is -2.10. The third kappa shape index (κ3) is 2.82. The van der Waals surface area contributed by atoms with Crippen molar-refractivity contribution in [3.63, 3.8) is 0 Å². The van der Waals surface area contributed by atoms with Crippen molar-refractivity contribution >= 4 is 0 Å². The first-order chi connectivity index (χ1) is 7.58. The predicted molar refractivity (Wildman–Crippen MR) is 56.9 cm³/mol. The lowest BCUT2D eigenvalue weighted by Crippen LogP contribution is -2.32. The SMILES string of the molecule is C#CC(CO)OCn1cc(C)c(=O)[nH]c1=O. The van der Waals surface area contributed by atoms with E-state index in [9.17, 15) is 9.59 Å². The monoisotopic (exact) mass is 224 g/mol. The Hall–Kier alpha value is -1.84. The Morgan fingerprint density at radius 2 is 2.38 bits per heavy atom. The minimum Gasteiger partial charge on any atom is -0.393 e. The van der Waals surface area contributed by atoms with Gasteiger partial charge in [0.05, 0.1) is 6.61 Å². The fraction of sp³-hybridized carbons (Fsp3) is 0.400. The average molecular weight is 224 g/mol. The van der Waals surface area contributed by atoms with Gasteiger partial charge in [0.2, 0.25) is 0 Å². The minimum absolute atomic E-state index is 0.119. The van der Waals surface area contributed by atoms with Crippen LogP contribution in [0.5, 0.6) is 0 Å². The van der Waals surface area contributed by atoms with E-state index in [1.54, 1.807) is 6.92 Å². The van der Waals surface area contributed by atoms with Crippen LogP contribution in [0.25, 0.3) is 0 Å². The normalized spacial score (nSPS) is 12.1. The van der Waals surface area contributed by atoms with Crippen molar-refractivity contribution in [2.75, 3.05) is 6.61 Å². The molecule has 0 aromatic carbocycles. The Kier molecular flexibility index (Phi) is 4.05. The minimum atomic E-state index is -0.765. The molecule has 6 nitrogen and oxygen atoms in total. The number of aryl methyl sites for hydroxylation is 1. The highest BCUT2D eigenvalue weighted by molar-refractivity contribution is 5.00. The van der Waals surface area contributed by atoms with Crippen molar-refractivity contribution in [2.45, 2.75) is 19.8 Å². The van der Waals surface area contributed by atoms with E-state index < -0.39 is 17.4 Å². The van der Waals surface area contributed by atoms with Gasteiger partial charge in [-0.25, -0.2) is 4.79 Å². The van der Waals surface area contributed by atoms with Gasteiger partial charge in [-0.1, -0.05) is 5.92 Å². The molecule has 1 aromatic rings. The van der Waals surface area contributed by atoms with Gasteiger partial charge in [-0.2, -0.15) is 0 Å². The second-order valence-electron chi connectivity index (χ2n) is 3.17. The molecule has 1 unspecified atom stereocenters. The number of aromatic amines is 1. The third-order valence-corrected chi connectivity index (χ3v) is 1.96. The van der Waals surface area contributed by atoms with Crippen LogP contribution < -0.4 is 11.2 Å². The molecule has 2 N–H and O–H groups in total. The molecule has 0 aliphatic heterocycles. The second kappa shape index (κ2) is 5.30. The number of ether oxygens (including phenoxy) is 1. The Balaban J connectivity index is 2.83. The van der Waals surface area contributed by atoms with E-state index >= 15 is 0 Å². The smallest absolute Gasteiger partial charge is 0.330 e. The lowest BCUT2D eigenvalue weighted by molar-refractivity contribution is 0.00639. The van der Waals surface area contributed by atoms with Gasteiger partial charge in [-0.3, -0.25) is 14.3 Å². The van der Waals surface area contributed by atoms with Gasteiger partial charge in [0, 0.05) is 11.8 Å². The number of aliphatic hydroxyl groups is 1. The van der Waals surface area contributed by atoms with E-state index in [1.807, 2.05) is 0 Å². The molecule has 0 aliphatic rings. The number of aromatic nitrogens is 2. The Bertz CT molecular complexity index is 509. The van der Waals surface area contributed by atoms with Crippen LogP contribution in [0.2, 0.25) is 0 Å². The van der Waals surface area contributed by atoms with Gasteiger partial charge in [-0.05, 0) is 6.92 Å². The molecule has 1 atom stereocenters. The van der Waals surface area contributed by atoms with Crippen LogP contribution in [0, 0.1) is 19.3 Å². The molecular weight excluding hydrogens is 212 g/mol. The van der Waals surface area contributed by atoms with E-state index in [4.69, 9.17) is 16.3 Å². The molecule has 16 heavy (non-hydrogen) atoms. The van der Waals surface area contributed by atoms with Crippen LogP contribution in [0.4, 0.5) is 0 Å². The first-order valence-electron chi connectivity index (χ1n) is 4.57. The van der Waals surface area contributed by atoms with E-state index in [0.717, 1.165) is 4.57 Å². The summed E-state index contributed by atoms with van der Waals surface area (Å²) in [4.78, 5) is 24.5. The maximum absolute atomic E-state index is 11.3. The number of H-pyrrole nitrogens is 1. The van der Waals surface area contributed by atoms with Gasteiger partial charge < -0.3 is 9.84 Å². The van der Waals surface area contributed by atoms with Gasteiger partial charge in [-0.15, -0.1) is 6.42 Å². The molecule has 0 bridgehead atoms. The fourth-order valence-electron chi connectivity index (χ4n) is 1.04. The first kappa shape index (κ1) is 12.2. The van der Waals surface area contributed by atoms with E-state index in [0.29, 0.717) is 5.56 Å². The van der Waals surface area contributed by atoms with Crippen LogP contribution in [0.15, 0.2) is 15.8 Å². The fourth-order valence-corrected chi connectivity index (χ4v) is 1.04. The number of nitrogens with zero attached hydrogens (tertiary/aromatic N) is 1. The molecule has 1 rings (SSSR count). The van der Waals surface area contributed by atoms with Gasteiger partial charge >= 0.3 is 5.69 Å². The average Bonchev–Trinajstić information content (AvgIpc) is 2.26. The Labute approximate surface area is 91.5 Å². The molecule has 1 heterocycles. The third-order valence-electron chi connectivity index (χ3n) is 1.96. The quantitative estimate of drug-likeness (QED) is 0.630. The Morgan fingerprint density at radius 1 is 1.69 bits per heavy atom. The van der Waals surface area contributed by atoms with Gasteiger partial charge in [0.1, 0.15) is 12.8 Å². The van der Waals surface area contributed by atoms with E-state index in [2.05, 4.69) is 10.9 Å². The second-order valence-corrected chi connectivity index (χ2v) is 3.17. The molecule has 6 heteroatoms. The molecular formula is C10H12N2O4. The van der Waals surface area contributed by atoms with E-state index in [-0.39, 0.29) is 13.3 Å². The molecule has 86 valence electrons. The van der Waals surface area contributed by atoms with Crippen LogP contribution in [0.1, 0.15) is 5.56 Å². The molecule has 0 spiro atoms. The summed E-state index contributed by atoms with van der Waals surface area (Å²) < 4.78 is 6.22. The zero-order valence-corrected chi connectivity index (χ0v) is 8.77. The predicted octanol–water partition coefficient (Wildman–Crippen LogP) is -1.19. The zero-order chi connectivity index (χ0) is 12.1. The molecule has 0 saturated carbocycles. The summed E-state index contributed by atoms with van der Waals surface area (Å²) in [6.07, 6.45) is 5.66. The number of hydrogen-bond donors (Lipinski definition) is 2. The molecule has 0 amide bonds. The summed E-state index contributed by atoms with van der Waals surface area (Å²) in [6, 6.07) is 0. The summed E-state index contributed by atoms with van der Waals surface area (Å²) in [5.41, 5.74) is -0.620. The number of nitrogens with one attached hydrogen (secondary N) is 1. The number of terminal acetylenes is 1. The highest BCUT2D eigenvalue weighted by atomic mass is 16.5. The number of aliphatic hydroxyl groups excluding tert-OH is 1. The number of hydrogen-bond acceptors (Lipinski definition) is 4. The molecule has 0 radical (unpaired) electrons.